The maximum Gasteiger partial charge on any atom is 0.408 e. The molecule has 0 aliphatic heterocycles. The third kappa shape index (κ3) is 12.4. The fourth-order valence-electron chi connectivity index (χ4n) is 1.63. The Morgan fingerprint density at radius 1 is 1.09 bits per heavy atom. The van der Waals surface area contributed by atoms with Crippen molar-refractivity contribution in [1.82, 2.24) is 5.32 Å². The Kier molecular flexibility index (Phi) is 15.4. The van der Waals surface area contributed by atoms with Crippen LogP contribution in [0.3, 0.4) is 0 Å². The molecule has 0 spiro atoms. The van der Waals surface area contributed by atoms with E-state index in [9.17, 15) is 9.59 Å². The molecule has 1 aromatic carbocycles. The summed E-state index contributed by atoms with van der Waals surface area (Å²) in [5.41, 5.74) is 0.913. The molecule has 0 aliphatic carbocycles. The zero-order valence-electron chi connectivity index (χ0n) is 15.7. The minimum absolute atomic E-state index is 0.0479. The largest absolute Gasteiger partial charge is 0.445 e. The Morgan fingerprint density at radius 3 is 1.96 bits per heavy atom. The fraction of sp³-hybridized carbons (Fsp3) is 0.579. The summed E-state index contributed by atoms with van der Waals surface area (Å²) in [5.74, 6) is -0.0200. The molecule has 0 bridgehead atoms. The van der Waals surface area contributed by atoms with Gasteiger partial charge in [0.2, 0.25) is 0 Å². The summed E-state index contributed by atoms with van der Waals surface area (Å²) in [6.07, 6.45) is 0.688. The first-order valence-electron chi connectivity index (χ1n) is 8.39. The van der Waals surface area contributed by atoms with Crippen molar-refractivity contribution in [2.45, 2.75) is 67.5 Å². The van der Waals surface area contributed by atoms with E-state index in [2.05, 4.69) is 19.2 Å². The van der Waals surface area contributed by atoms with Gasteiger partial charge in [0.1, 0.15) is 6.61 Å². The standard InChI is InChI=1S/C14H19NO3.C3H8.C2H6/c1-10(2)13(11(3)16)15-14(17)18-9-12-7-5-4-6-8-12;1-3-2;1-2/h4-8,10,13H,9H2,1-3H3,(H,15,17);3H2,1-2H3;1-2H3. The van der Waals surface area contributed by atoms with Crippen LogP contribution in [0.25, 0.3) is 0 Å². The van der Waals surface area contributed by atoms with E-state index in [0.717, 1.165) is 5.56 Å². The van der Waals surface area contributed by atoms with Crippen molar-refractivity contribution in [2.24, 2.45) is 5.92 Å². The lowest BCUT2D eigenvalue weighted by atomic mass is 10.0. The van der Waals surface area contributed by atoms with Gasteiger partial charge in [-0.25, -0.2) is 4.79 Å². The van der Waals surface area contributed by atoms with Crippen molar-refractivity contribution in [3.05, 3.63) is 35.9 Å². The smallest absolute Gasteiger partial charge is 0.408 e. The number of nitrogens with one attached hydrogen (secondary N) is 1. The highest BCUT2D eigenvalue weighted by molar-refractivity contribution is 5.85. The Labute approximate surface area is 141 Å². The summed E-state index contributed by atoms with van der Waals surface area (Å²) < 4.78 is 5.06. The molecule has 1 rings (SSSR count). The van der Waals surface area contributed by atoms with E-state index in [1.54, 1.807) is 0 Å². The van der Waals surface area contributed by atoms with Crippen LogP contribution in [0, 0.1) is 5.92 Å². The number of alkyl carbamates (subject to hydrolysis) is 1. The Morgan fingerprint density at radius 2 is 1.57 bits per heavy atom. The zero-order valence-corrected chi connectivity index (χ0v) is 15.7. The van der Waals surface area contributed by atoms with Gasteiger partial charge >= 0.3 is 6.09 Å². The van der Waals surface area contributed by atoms with Gasteiger partial charge in [-0.3, -0.25) is 4.79 Å². The van der Waals surface area contributed by atoms with Crippen molar-refractivity contribution >= 4 is 11.9 Å². The van der Waals surface area contributed by atoms with Gasteiger partial charge in [0.05, 0.1) is 6.04 Å². The third-order valence-electron chi connectivity index (χ3n) is 2.59. The van der Waals surface area contributed by atoms with E-state index < -0.39 is 12.1 Å². The van der Waals surface area contributed by atoms with Gasteiger partial charge in [-0.05, 0) is 18.4 Å². The van der Waals surface area contributed by atoms with Gasteiger partial charge in [-0.2, -0.15) is 0 Å². The number of Topliss-reactive ketones (excluding diaryl/α,β-unsaturated/α-hetero) is 1. The number of carbonyl (C=O) groups is 2. The fourth-order valence-corrected chi connectivity index (χ4v) is 1.63. The number of carbonyl (C=O) groups excluding carboxylic acids is 2. The monoisotopic (exact) mass is 323 g/mol. The van der Waals surface area contributed by atoms with E-state index >= 15 is 0 Å². The van der Waals surface area contributed by atoms with Crippen molar-refractivity contribution in [3.63, 3.8) is 0 Å². The lowest BCUT2D eigenvalue weighted by Crippen LogP contribution is -2.43. The van der Waals surface area contributed by atoms with Crippen molar-refractivity contribution in [1.29, 1.82) is 0 Å². The molecule has 1 aromatic rings. The van der Waals surface area contributed by atoms with Crippen LogP contribution in [0.1, 0.15) is 60.5 Å². The van der Waals surface area contributed by atoms with Gasteiger partial charge in [-0.15, -0.1) is 0 Å². The normalized spacial score (nSPS) is 10.4. The molecule has 0 heterocycles. The van der Waals surface area contributed by atoms with Crippen molar-refractivity contribution in [2.75, 3.05) is 0 Å². The Balaban J connectivity index is 0. The van der Waals surface area contributed by atoms with Crippen LogP contribution in [0.4, 0.5) is 4.79 Å². The summed E-state index contributed by atoms with van der Waals surface area (Å²) in [5, 5.41) is 2.58. The van der Waals surface area contributed by atoms with Gasteiger partial charge in [0.15, 0.2) is 5.78 Å². The summed E-state index contributed by atoms with van der Waals surface area (Å²) in [6, 6.07) is 8.91. The van der Waals surface area contributed by atoms with E-state index in [-0.39, 0.29) is 18.3 Å². The van der Waals surface area contributed by atoms with Gasteiger partial charge in [0.25, 0.3) is 0 Å². The first-order chi connectivity index (χ1) is 10.9. The number of hydrogen-bond acceptors (Lipinski definition) is 3. The lowest BCUT2D eigenvalue weighted by Gasteiger charge is -2.19. The first-order valence-corrected chi connectivity index (χ1v) is 8.39. The minimum atomic E-state index is -0.562. The van der Waals surface area contributed by atoms with Gasteiger partial charge in [0, 0.05) is 0 Å². The first kappa shape index (κ1) is 23.4. The molecule has 23 heavy (non-hydrogen) atoms. The molecule has 1 amide bonds. The number of rotatable bonds is 5. The second kappa shape index (κ2) is 15.1. The summed E-state index contributed by atoms with van der Waals surface area (Å²) in [4.78, 5) is 22.9. The van der Waals surface area contributed by atoms with Crippen LogP contribution in [-0.2, 0) is 16.1 Å². The van der Waals surface area contributed by atoms with Crippen LogP contribution in [0.15, 0.2) is 30.3 Å². The van der Waals surface area contributed by atoms with E-state index in [4.69, 9.17) is 4.74 Å². The number of benzene rings is 1. The topological polar surface area (TPSA) is 55.4 Å². The van der Waals surface area contributed by atoms with Crippen molar-refractivity contribution < 1.29 is 14.3 Å². The predicted molar refractivity (Wildman–Crippen MR) is 96.4 cm³/mol. The molecule has 4 heteroatoms. The number of ketones is 1. The molecule has 0 fully saturated rings. The third-order valence-corrected chi connectivity index (χ3v) is 2.59. The highest BCUT2D eigenvalue weighted by Gasteiger charge is 2.21. The summed E-state index contributed by atoms with van der Waals surface area (Å²) >= 11 is 0. The van der Waals surface area contributed by atoms with E-state index in [1.165, 1.54) is 13.3 Å². The molecule has 0 radical (unpaired) electrons. The van der Waals surface area contributed by atoms with Crippen LogP contribution in [-0.4, -0.2) is 17.9 Å². The molecule has 1 atom stereocenters. The van der Waals surface area contributed by atoms with E-state index in [0.29, 0.717) is 0 Å². The van der Waals surface area contributed by atoms with Crippen LogP contribution in [0.2, 0.25) is 0 Å². The average molecular weight is 323 g/mol. The van der Waals surface area contributed by atoms with Crippen LogP contribution < -0.4 is 5.32 Å². The lowest BCUT2D eigenvalue weighted by molar-refractivity contribution is -0.119. The Bertz CT molecular complexity index is 416. The number of ether oxygens (including phenoxy) is 1. The molecule has 0 aliphatic rings. The van der Waals surface area contributed by atoms with Crippen LogP contribution in [0.5, 0.6) is 0 Å². The maximum atomic E-state index is 11.6. The second-order valence-electron chi connectivity index (χ2n) is 5.25. The Hall–Kier alpha value is -1.84. The molecule has 0 saturated heterocycles. The molecule has 0 saturated carbocycles. The quantitative estimate of drug-likeness (QED) is 0.832. The molecule has 0 aromatic heterocycles. The average Bonchev–Trinajstić information content (AvgIpc) is 2.53. The molecular weight excluding hydrogens is 290 g/mol. The summed E-state index contributed by atoms with van der Waals surface area (Å²) in [6.45, 7) is 13.7. The zero-order chi connectivity index (χ0) is 18.3. The molecule has 4 nitrogen and oxygen atoms in total. The molecule has 132 valence electrons. The van der Waals surface area contributed by atoms with Crippen LogP contribution >= 0.6 is 0 Å². The predicted octanol–water partition coefficient (Wildman–Crippen LogP) is 4.97. The highest BCUT2D eigenvalue weighted by Crippen LogP contribution is 2.04. The van der Waals surface area contributed by atoms with Gasteiger partial charge in [-0.1, -0.05) is 78.3 Å². The minimum Gasteiger partial charge on any atom is -0.445 e. The van der Waals surface area contributed by atoms with Crippen molar-refractivity contribution in [3.8, 4) is 0 Å². The highest BCUT2D eigenvalue weighted by atomic mass is 16.5. The molecule has 1 unspecified atom stereocenters. The molecular formula is C19H33NO3. The van der Waals surface area contributed by atoms with Gasteiger partial charge < -0.3 is 10.1 Å². The second-order valence-corrected chi connectivity index (χ2v) is 5.25. The number of amides is 1. The SMILES string of the molecule is CC.CC(=O)C(NC(=O)OCc1ccccc1)C(C)C.CCC. The maximum absolute atomic E-state index is 11.6. The van der Waals surface area contributed by atoms with E-state index in [1.807, 2.05) is 58.0 Å². The number of hydrogen-bond donors (Lipinski definition) is 1. The summed E-state index contributed by atoms with van der Waals surface area (Å²) in [7, 11) is 0. The molecule has 1 N–H and O–H groups in total.